The summed E-state index contributed by atoms with van der Waals surface area (Å²) in [6.07, 6.45) is 3.05. The van der Waals surface area contributed by atoms with Crippen LogP contribution in [0.25, 0.3) is 0 Å². The standard InChI is InChI=1S/C19H23N3O4S2/c1-22(13-19(24)21-16-9-4-5-10-17(16)27-2)12-18(23)20-14-7-6-8-15(11-14)28(3,25)26/h4-11H,12-13H2,1-3H3,(H,20,23)(H,21,24)/p+1. The number of anilines is 2. The van der Waals surface area contributed by atoms with Crippen molar-refractivity contribution in [3.8, 4) is 0 Å². The Bertz CT molecular complexity index is 961. The van der Waals surface area contributed by atoms with Gasteiger partial charge in [0.05, 0.1) is 17.6 Å². The van der Waals surface area contributed by atoms with Crippen molar-refractivity contribution in [3.63, 3.8) is 0 Å². The molecule has 3 N–H and O–H groups in total. The van der Waals surface area contributed by atoms with E-state index in [9.17, 15) is 18.0 Å². The fraction of sp³-hybridized carbons (Fsp3) is 0.263. The minimum Gasteiger partial charge on any atom is -0.322 e. The molecule has 28 heavy (non-hydrogen) atoms. The Kier molecular flexibility index (Phi) is 7.61. The first-order valence-electron chi connectivity index (χ1n) is 8.53. The van der Waals surface area contributed by atoms with Gasteiger partial charge < -0.3 is 15.5 Å². The zero-order valence-electron chi connectivity index (χ0n) is 16.0. The summed E-state index contributed by atoms with van der Waals surface area (Å²) in [6, 6.07) is 13.6. The zero-order valence-corrected chi connectivity index (χ0v) is 17.6. The van der Waals surface area contributed by atoms with Gasteiger partial charge >= 0.3 is 0 Å². The number of nitrogens with one attached hydrogen (secondary N) is 3. The summed E-state index contributed by atoms with van der Waals surface area (Å²) in [6.45, 7) is 0.195. The maximum Gasteiger partial charge on any atom is 0.279 e. The average Bonchev–Trinajstić information content (AvgIpc) is 2.61. The van der Waals surface area contributed by atoms with E-state index in [0.717, 1.165) is 16.8 Å². The molecule has 0 fully saturated rings. The molecule has 1 atom stereocenters. The molecule has 2 aromatic carbocycles. The monoisotopic (exact) mass is 422 g/mol. The van der Waals surface area contributed by atoms with Gasteiger partial charge in [-0.2, -0.15) is 0 Å². The van der Waals surface area contributed by atoms with Gasteiger partial charge in [0.25, 0.3) is 11.8 Å². The number of sulfone groups is 1. The molecule has 2 rings (SSSR count). The molecule has 0 aliphatic rings. The first kappa shape index (κ1) is 21.9. The van der Waals surface area contributed by atoms with E-state index in [1.54, 1.807) is 30.9 Å². The Balaban J connectivity index is 1.89. The van der Waals surface area contributed by atoms with Gasteiger partial charge in [0, 0.05) is 16.8 Å². The molecule has 0 saturated heterocycles. The van der Waals surface area contributed by atoms with Crippen molar-refractivity contribution >= 4 is 44.8 Å². The molecule has 2 aromatic rings. The highest BCUT2D eigenvalue weighted by molar-refractivity contribution is 7.98. The number of likely N-dealkylation sites (N-methyl/N-ethyl adjacent to an activating group) is 1. The third-order valence-electron chi connectivity index (χ3n) is 3.85. The molecule has 9 heteroatoms. The third kappa shape index (κ3) is 6.66. The molecule has 2 amide bonds. The van der Waals surface area contributed by atoms with E-state index in [-0.39, 0.29) is 29.8 Å². The molecular formula is C19H24N3O4S2+. The Labute approximate surface area is 169 Å². The maximum absolute atomic E-state index is 12.2. The lowest BCUT2D eigenvalue weighted by Gasteiger charge is -2.15. The van der Waals surface area contributed by atoms with Crippen molar-refractivity contribution in [1.29, 1.82) is 0 Å². The molecule has 0 heterocycles. The van der Waals surface area contributed by atoms with Crippen LogP contribution in [0.1, 0.15) is 0 Å². The number of rotatable bonds is 8. The predicted octanol–water partition coefficient (Wildman–Crippen LogP) is 0.904. The van der Waals surface area contributed by atoms with Gasteiger partial charge in [-0.05, 0) is 36.6 Å². The van der Waals surface area contributed by atoms with Gasteiger partial charge in [-0.3, -0.25) is 9.59 Å². The van der Waals surface area contributed by atoms with Gasteiger partial charge in [-0.25, -0.2) is 8.42 Å². The number of carbonyl (C=O) groups is 2. The normalized spacial score (nSPS) is 12.2. The molecule has 7 nitrogen and oxygen atoms in total. The fourth-order valence-electron chi connectivity index (χ4n) is 2.56. The molecule has 150 valence electrons. The number of carbonyl (C=O) groups excluding carboxylic acids is 2. The van der Waals surface area contributed by atoms with Crippen LogP contribution >= 0.6 is 11.8 Å². The van der Waals surface area contributed by atoms with Gasteiger partial charge in [0.1, 0.15) is 0 Å². The van der Waals surface area contributed by atoms with Crippen molar-refractivity contribution in [1.82, 2.24) is 0 Å². The molecule has 0 aliphatic carbocycles. The molecule has 0 radical (unpaired) electrons. The van der Waals surface area contributed by atoms with E-state index in [1.165, 1.54) is 12.1 Å². The van der Waals surface area contributed by atoms with Gasteiger partial charge in [0.15, 0.2) is 22.9 Å². The quantitative estimate of drug-likeness (QED) is 0.550. The van der Waals surface area contributed by atoms with E-state index in [0.29, 0.717) is 10.6 Å². The van der Waals surface area contributed by atoms with Crippen molar-refractivity contribution < 1.29 is 22.9 Å². The van der Waals surface area contributed by atoms with E-state index >= 15 is 0 Å². The number of amides is 2. The number of benzene rings is 2. The zero-order chi connectivity index (χ0) is 20.7. The smallest absolute Gasteiger partial charge is 0.279 e. The van der Waals surface area contributed by atoms with Crippen LogP contribution in [0.4, 0.5) is 11.4 Å². The topological polar surface area (TPSA) is 96.8 Å². The second-order valence-electron chi connectivity index (χ2n) is 6.41. The van der Waals surface area contributed by atoms with Crippen LogP contribution in [0.3, 0.4) is 0 Å². The molecule has 0 spiro atoms. The number of thioether (sulfide) groups is 1. The highest BCUT2D eigenvalue weighted by Crippen LogP contribution is 2.24. The lowest BCUT2D eigenvalue weighted by molar-refractivity contribution is -0.862. The lowest BCUT2D eigenvalue weighted by atomic mass is 10.3. The van der Waals surface area contributed by atoms with E-state index in [2.05, 4.69) is 10.6 Å². The van der Waals surface area contributed by atoms with Gasteiger partial charge in [-0.15, -0.1) is 11.8 Å². The molecule has 0 bridgehead atoms. The van der Waals surface area contributed by atoms with Crippen molar-refractivity contribution in [2.45, 2.75) is 9.79 Å². The third-order valence-corrected chi connectivity index (χ3v) is 5.76. The average molecular weight is 423 g/mol. The number of quaternary nitrogens is 1. The van der Waals surface area contributed by atoms with Crippen molar-refractivity contribution in [3.05, 3.63) is 48.5 Å². The molecule has 0 aliphatic heterocycles. The first-order valence-corrected chi connectivity index (χ1v) is 11.6. The summed E-state index contributed by atoms with van der Waals surface area (Å²) in [7, 11) is -1.60. The van der Waals surface area contributed by atoms with Crippen LogP contribution in [0, 0.1) is 0 Å². The first-order chi connectivity index (χ1) is 13.2. The summed E-state index contributed by atoms with van der Waals surface area (Å²) >= 11 is 1.54. The molecule has 0 aromatic heterocycles. The number of para-hydroxylation sites is 1. The number of hydrogen-bond acceptors (Lipinski definition) is 5. The second-order valence-corrected chi connectivity index (χ2v) is 9.27. The van der Waals surface area contributed by atoms with Crippen LogP contribution in [-0.2, 0) is 19.4 Å². The van der Waals surface area contributed by atoms with Crippen LogP contribution in [0.15, 0.2) is 58.3 Å². The molecular weight excluding hydrogens is 398 g/mol. The van der Waals surface area contributed by atoms with E-state index in [1.807, 2.05) is 30.5 Å². The predicted molar refractivity (Wildman–Crippen MR) is 112 cm³/mol. The Morgan fingerprint density at radius 2 is 1.64 bits per heavy atom. The second kappa shape index (κ2) is 9.72. The molecule has 0 saturated carbocycles. The SMILES string of the molecule is CSc1ccccc1NC(=O)C[NH+](C)CC(=O)Nc1cccc(S(C)(=O)=O)c1. The summed E-state index contributed by atoms with van der Waals surface area (Å²) in [5, 5.41) is 5.53. The largest absolute Gasteiger partial charge is 0.322 e. The minimum atomic E-state index is -3.35. The highest BCUT2D eigenvalue weighted by Gasteiger charge is 2.16. The van der Waals surface area contributed by atoms with Gasteiger partial charge in [-0.1, -0.05) is 18.2 Å². The Morgan fingerprint density at radius 3 is 2.29 bits per heavy atom. The fourth-order valence-corrected chi connectivity index (χ4v) is 3.78. The minimum absolute atomic E-state index is 0.0701. The van der Waals surface area contributed by atoms with E-state index in [4.69, 9.17) is 0 Å². The van der Waals surface area contributed by atoms with Crippen LogP contribution in [-0.4, -0.2) is 52.9 Å². The van der Waals surface area contributed by atoms with Crippen molar-refractivity contribution in [2.24, 2.45) is 0 Å². The Morgan fingerprint density at radius 1 is 1.00 bits per heavy atom. The Hall–Kier alpha value is -2.36. The van der Waals surface area contributed by atoms with Gasteiger partial charge in [0.2, 0.25) is 0 Å². The van der Waals surface area contributed by atoms with Crippen LogP contribution in [0.5, 0.6) is 0 Å². The summed E-state index contributed by atoms with van der Waals surface area (Å²) in [5.74, 6) is -0.494. The molecule has 1 unspecified atom stereocenters. The van der Waals surface area contributed by atoms with Crippen LogP contribution in [0.2, 0.25) is 0 Å². The number of hydrogen-bond donors (Lipinski definition) is 3. The summed E-state index contributed by atoms with van der Waals surface area (Å²) in [4.78, 5) is 26.3. The highest BCUT2D eigenvalue weighted by atomic mass is 32.2. The summed E-state index contributed by atoms with van der Waals surface area (Å²) in [5.41, 5.74) is 1.15. The van der Waals surface area contributed by atoms with Crippen molar-refractivity contribution in [2.75, 3.05) is 43.3 Å². The summed E-state index contributed by atoms with van der Waals surface area (Å²) < 4.78 is 23.2. The van der Waals surface area contributed by atoms with E-state index < -0.39 is 9.84 Å². The lowest BCUT2D eigenvalue weighted by Crippen LogP contribution is -3.11. The van der Waals surface area contributed by atoms with Crippen LogP contribution < -0.4 is 15.5 Å². The maximum atomic E-state index is 12.2.